The van der Waals surface area contributed by atoms with Gasteiger partial charge in [0.2, 0.25) is 5.91 Å². The van der Waals surface area contributed by atoms with Crippen LogP contribution in [0.15, 0.2) is 24.3 Å². The molecule has 0 radical (unpaired) electrons. The van der Waals surface area contributed by atoms with Crippen LogP contribution >= 0.6 is 0 Å². The van der Waals surface area contributed by atoms with Gasteiger partial charge in [0, 0.05) is 6.04 Å². The summed E-state index contributed by atoms with van der Waals surface area (Å²) in [7, 11) is 0. The van der Waals surface area contributed by atoms with E-state index >= 15 is 0 Å². The number of anilines is 1. The monoisotopic (exact) mass is 351 g/mol. The number of nitrogens with zero attached hydrogens (tertiary/aromatic N) is 1. The number of benzene rings is 1. The molecule has 4 fully saturated rings. The van der Waals surface area contributed by atoms with Crippen molar-refractivity contribution in [3.05, 3.63) is 29.8 Å². The second-order valence-corrected chi connectivity index (χ2v) is 9.04. The lowest BCUT2D eigenvalue weighted by atomic mass is 9.48. The van der Waals surface area contributed by atoms with Crippen molar-refractivity contribution < 1.29 is 4.79 Å². The number of carbonyl (C=O) groups is 1. The standard InChI is InChI=1S/C22H29N3O/c1-14(21(26)25-20-6-4-3-5-19(20)13-23)24-15(2)22-10-16-7-17(11-22)9-18(8-16)12-22/h3-6,14-18,24H,7-12H2,1-2H3,(H,25,26)/t14-,15+,16?,17?,18?,22?/m1/s1. The van der Waals surface area contributed by atoms with Gasteiger partial charge in [-0.25, -0.2) is 0 Å². The molecule has 1 aromatic carbocycles. The number of nitriles is 1. The molecule has 4 heteroatoms. The molecule has 0 heterocycles. The normalized spacial score (nSPS) is 34.1. The van der Waals surface area contributed by atoms with Crippen LogP contribution in [0.3, 0.4) is 0 Å². The lowest BCUT2D eigenvalue weighted by Crippen LogP contribution is -2.57. The zero-order chi connectivity index (χ0) is 18.3. The Morgan fingerprint density at radius 1 is 1.12 bits per heavy atom. The molecule has 1 amide bonds. The van der Waals surface area contributed by atoms with Gasteiger partial charge < -0.3 is 10.6 Å². The summed E-state index contributed by atoms with van der Waals surface area (Å²) in [6.45, 7) is 4.21. The third-order valence-corrected chi connectivity index (χ3v) is 7.20. The number of rotatable bonds is 5. The van der Waals surface area contributed by atoms with E-state index in [1.54, 1.807) is 12.1 Å². The first kappa shape index (κ1) is 17.5. The van der Waals surface area contributed by atoms with Gasteiger partial charge in [0.25, 0.3) is 0 Å². The van der Waals surface area contributed by atoms with Crippen LogP contribution in [0.1, 0.15) is 57.9 Å². The van der Waals surface area contributed by atoms with E-state index in [1.807, 2.05) is 19.1 Å². The minimum atomic E-state index is -0.273. The average Bonchev–Trinajstić information content (AvgIpc) is 2.61. The number of para-hydroxylation sites is 1. The van der Waals surface area contributed by atoms with Gasteiger partial charge in [0.15, 0.2) is 0 Å². The fraction of sp³-hybridized carbons (Fsp3) is 0.636. The molecule has 4 nitrogen and oxygen atoms in total. The fourth-order valence-corrected chi connectivity index (χ4v) is 6.27. The van der Waals surface area contributed by atoms with Crippen LogP contribution in [0.25, 0.3) is 0 Å². The molecule has 2 N–H and O–H groups in total. The molecule has 0 aromatic heterocycles. The third-order valence-electron chi connectivity index (χ3n) is 7.20. The highest BCUT2D eigenvalue weighted by atomic mass is 16.2. The average molecular weight is 351 g/mol. The van der Waals surface area contributed by atoms with Gasteiger partial charge in [-0.3, -0.25) is 4.79 Å². The number of nitrogens with one attached hydrogen (secondary N) is 2. The minimum Gasteiger partial charge on any atom is -0.324 e. The molecular formula is C22H29N3O. The van der Waals surface area contributed by atoms with Crippen molar-refractivity contribution in [1.29, 1.82) is 5.26 Å². The summed E-state index contributed by atoms with van der Waals surface area (Å²) < 4.78 is 0. The van der Waals surface area contributed by atoms with Crippen LogP contribution in [0.2, 0.25) is 0 Å². The van der Waals surface area contributed by atoms with Crippen LogP contribution in [0.5, 0.6) is 0 Å². The summed E-state index contributed by atoms with van der Waals surface area (Å²) in [4.78, 5) is 12.7. The second-order valence-electron chi connectivity index (χ2n) is 9.04. The lowest BCUT2D eigenvalue weighted by molar-refractivity contribution is -0.119. The van der Waals surface area contributed by atoms with Crippen molar-refractivity contribution in [1.82, 2.24) is 5.32 Å². The number of carbonyl (C=O) groups excluding carboxylic acids is 1. The summed E-state index contributed by atoms with van der Waals surface area (Å²) in [5, 5.41) is 15.7. The van der Waals surface area contributed by atoms with Crippen LogP contribution in [-0.2, 0) is 4.79 Å². The maximum Gasteiger partial charge on any atom is 0.241 e. The van der Waals surface area contributed by atoms with Crippen LogP contribution in [0.4, 0.5) is 5.69 Å². The minimum absolute atomic E-state index is 0.0655. The van der Waals surface area contributed by atoms with E-state index in [-0.39, 0.29) is 11.9 Å². The molecule has 138 valence electrons. The molecule has 0 aliphatic heterocycles. The van der Waals surface area contributed by atoms with E-state index in [2.05, 4.69) is 23.6 Å². The number of hydrogen-bond donors (Lipinski definition) is 2. The number of hydrogen-bond acceptors (Lipinski definition) is 3. The second kappa shape index (κ2) is 6.70. The summed E-state index contributed by atoms with van der Waals surface area (Å²) in [6.07, 6.45) is 8.31. The van der Waals surface area contributed by atoms with Crippen LogP contribution in [0, 0.1) is 34.5 Å². The number of amides is 1. The van der Waals surface area contributed by atoms with Crippen molar-refractivity contribution in [2.75, 3.05) is 5.32 Å². The van der Waals surface area contributed by atoms with Gasteiger partial charge in [0.05, 0.1) is 17.3 Å². The van der Waals surface area contributed by atoms with Crippen molar-refractivity contribution in [2.45, 2.75) is 64.5 Å². The van der Waals surface area contributed by atoms with Gasteiger partial charge in [0.1, 0.15) is 6.07 Å². The van der Waals surface area contributed by atoms with Gasteiger partial charge in [-0.1, -0.05) is 12.1 Å². The molecule has 4 aliphatic rings. The van der Waals surface area contributed by atoms with Crippen molar-refractivity contribution >= 4 is 11.6 Å². The zero-order valence-electron chi connectivity index (χ0n) is 15.8. The highest BCUT2D eigenvalue weighted by molar-refractivity contribution is 5.95. The Morgan fingerprint density at radius 2 is 1.69 bits per heavy atom. The first-order valence-corrected chi connectivity index (χ1v) is 10.0. The van der Waals surface area contributed by atoms with E-state index < -0.39 is 0 Å². The smallest absolute Gasteiger partial charge is 0.241 e. The first-order chi connectivity index (χ1) is 12.5. The highest BCUT2D eigenvalue weighted by Crippen LogP contribution is 2.61. The predicted octanol–water partition coefficient (Wildman–Crippen LogP) is 4.08. The van der Waals surface area contributed by atoms with Crippen LogP contribution in [-0.4, -0.2) is 18.0 Å². The van der Waals surface area contributed by atoms with E-state index in [0.717, 1.165) is 17.8 Å². The van der Waals surface area contributed by atoms with Gasteiger partial charge in [-0.05, 0) is 87.7 Å². The Hall–Kier alpha value is -1.86. The Morgan fingerprint density at radius 3 is 2.27 bits per heavy atom. The molecule has 5 rings (SSSR count). The predicted molar refractivity (Wildman–Crippen MR) is 102 cm³/mol. The lowest BCUT2D eigenvalue weighted by Gasteiger charge is -2.59. The zero-order valence-corrected chi connectivity index (χ0v) is 15.8. The Kier molecular flexibility index (Phi) is 4.52. The van der Waals surface area contributed by atoms with E-state index in [0.29, 0.717) is 22.7 Å². The molecule has 26 heavy (non-hydrogen) atoms. The van der Waals surface area contributed by atoms with E-state index in [4.69, 9.17) is 0 Å². The molecule has 0 unspecified atom stereocenters. The molecule has 0 saturated heterocycles. The van der Waals surface area contributed by atoms with Gasteiger partial charge in [-0.2, -0.15) is 5.26 Å². The molecular weight excluding hydrogens is 322 g/mol. The van der Waals surface area contributed by atoms with Crippen molar-refractivity contribution in [2.24, 2.45) is 23.2 Å². The maximum atomic E-state index is 12.7. The topological polar surface area (TPSA) is 64.9 Å². The third kappa shape index (κ3) is 3.14. The largest absolute Gasteiger partial charge is 0.324 e. The van der Waals surface area contributed by atoms with E-state index in [9.17, 15) is 10.1 Å². The van der Waals surface area contributed by atoms with E-state index in [1.165, 1.54) is 38.5 Å². The van der Waals surface area contributed by atoms with Crippen LogP contribution < -0.4 is 10.6 Å². The molecule has 4 bridgehead atoms. The summed E-state index contributed by atoms with van der Waals surface area (Å²) in [5.41, 5.74) is 1.48. The van der Waals surface area contributed by atoms with Gasteiger partial charge >= 0.3 is 0 Å². The highest BCUT2D eigenvalue weighted by Gasteiger charge is 2.53. The Labute approximate surface area is 156 Å². The molecule has 1 aromatic rings. The molecule has 4 aliphatic carbocycles. The Balaban J connectivity index is 1.40. The molecule has 0 spiro atoms. The SMILES string of the molecule is C[C@H](N[C@H](C)C(=O)Nc1ccccc1C#N)C12CC3CC(CC(C3)C1)C2. The van der Waals surface area contributed by atoms with Gasteiger partial charge in [-0.15, -0.1) is 0 Å². The summed E-state index contributed by atoms with van der Waals surface area (Å²) >= 11 is 0. The quantitative estimate of drug-likeness (QED) is 0.840. The van der Waals surface area contributed by atoms with Crippen molar-refractivity contribution in [3.8, 4) is 6.07 Å². The molecule has 4 saturated carbocycles. The fourth-order valence-electron chi connectivity index (χ4n) is 6.27. The maximum absolute atomic E-state index is 12.7. The summed E-state index contributed by atoms with van der Waals surface area (Å²) in [6, 6.07) is 9.37. The first-order valence-electron chi connectivity index (χ1n) is 10.0. The molecule has 2 atom stereocenters. The van der Waals surface area contributed by atoms with Crippen molar-refractivity contribution in [3.63, 3.8) is 0 Å². The Bertz CT molecular complexity index is 700. The summed E-state index contributed by atoms with van der Waals surface area (Å²) in [5.74, 6) is 2.68.